The van der Waals surface area contributed by atoms with E-state index in [1.165, 1.54) is 18.2 Å². The molecule has 0 aliphatic rings. The van der Waals surface area contributed by atoms with Gasteiger partial charge in [0.1, 0.15) is 4.21 Å². The lowest BCUT2D eigenvalue weighted by molar-refractivity contribution is 0.596. The molecule has 3 N–H and O–H groups in total. The van der Waals surface area contributed by atoms with Crippen molar-refractivity contribution in [3.05, 3.63) is 40.7 Å². The zero-order valence-corrected chi connectivity index (χ0v) is 13.0. The molecule has 2 aromatic rings. The van der Waals surface area contributed by atoms with Crippen molar-refractivity contribution in [3.63, 3.8) is 0 Å². The van der Waals surface area contributed by atoms with Gasteiger partial charge >= 0.3 is 0 Å². The fourth-order valence-electron chi connectivity index (χ4n) is 1.37. The van der Waals surface area contributed by atoms with Gasteiger partial charge in [0, 0.05) is 0 Å². The molecular weight excluding hydrogens is 344 g/mol. The van der Waals surface area contributed by atoms with Crippen LogP contribution >= 0.6 is 22.9 Å². The number of nitrogens with two attached hydrogens (primary N) is 1. The van der Waals surface area contributed by atoms with Gasteiger partial charge in [-0.3, -0.25) is 4.72 Å². The van der Waals surface area contributed by atoms with Crippen LogP contribution in [0.2, 0.25) is 5.02 Å². The van der Waals surface area contributed by atoms with Crippen molar-refractivity contribution in [2.45, 2.75) is 9.10 Å². The Labute approximate surface area is 125 Å². The van der Waals surface area contributed by atoms with Crippen molar-refractivity contribution in [1.82, 2.24) is 0 Å². The van der Waals surface area contributed by atoms with E-state index in [1.807, 2.05) is 0 Å². The van der Waals surface area contributed by atoms with Gasteiger partial charge in [-0.2, -0.15) is 0 Å². The van der Waals surface area contributed by atoms with E-state index in [-0.39, 0.29) is 19.8 Å². The van der Waals surface area contributed by atoms with Gasteiger partial charge in [-0.15, -0.1) is 11.3 Å². The highest BCUT2D eigenvalue weighted by Crippen LogP contribution is 2.28. The third-order valence-electron chi connectivity index (χ3n) is 2.27. The van der Waals surface area contributed by atoms with Crippen molar-refractivity contribution in [2.24, 2.45) is 5.14 Å². The third kappa shape index (κ3) is 3.30. The Bertz CT molecular complexity index is 829. The van der Waals surface area contributed by atoms with Crippen LogP contribution in [0.3, 0.4) is 0 Å². The van der Waals surface area contributed by atoms with E-state index in [4.69, 9.17) is 16.7 Å². The molecule has 0 radical (unpaired) electrons. The first-order chi connectivity index (χ1) is 9.20. The van der Waals surface area contributed by atoms with Crippen molar-refractivity contribution in [1.29, 1.82) is 0 Å². The minimum Gasteiger partial charge on any atom is -0.277 e. The Hall–Kier alpha value is -1.13. The summed E-state index contributed by atoms with van der Waals surface area (Å²) in [4.78, 5) is -0.231. The molecular formula is C10H9ClN2O4S3. The predicted octanol–water partition coefficient (Wildman–Crippen LogP) is 1.85. The van der Waals surface area contributed by atoms with Crippen molar-refractivity contribution >= 4 is 48.7 Å². The standard InChI is InChI=1S/C10H9ClN2O4S3/c11-8-4-3-7(19(12,14)15)6-9(8)13-20(16,17)10-2-1-5-18-10/h1-6,13H,(H2,12,14,15). The Morgan fingerprint density at radius 1 is 1.15 bits per heavy atom. The molecule has 0 saturated heterocycles. The molecule has 6 nitrogen and oxygen atoms in total. The zero-order valence-electron chi connectivity index (χ0n) is 9.78. The average molecular weight is 353 g/mol. The first-order valence-corrected chi connectivity index (χ1v) is 9.37. The minimum atomic E-state index is -3.94. The van der Waals surface area contributed by atoms with Crippen LogP contribution in [0.5, 0.6) is 0 Å². The molecule has 0 bridgehead atoms. The SMILES string of the molecule is NS(=O)(=O)c1ccc(Cl)c(NS(=O)(=O)c2cccs2)c1. The lowest BCUT2D eigenvalue weighted by atomic mass is 10.3. The highest BCUT2D eigenvalue weighted by atomic mass is 35.5. The molecule has 0 aliphatic heterocycles. The van der Waals surface area contributed by atoms with Gasteiger partial charge < -0.3 is 0 Å². The van der Waals surface area contributed by atoms with E-state index in [0.29, 0.717) is 0 Å². The van der Waals surface area contributed by atoms with Crippen molar-refractivity contribution in [3.8, 4) is 0 Å². The summed E-state index contributed by atoms with van der Waals surface area (Å²) in [7, 11) is -7.75. The Kier molecular flexibility index (Phi) is 4.07. The van der Waals surface area contributed by atoms with Crippen LogP contribution in [0.15, 0.2) is 44.8 Å². The lowest BCUT2D eigenvalue weighted by Gasteiger charge is -2.09. The number of benzene rings is 1. The molecule has 10 heteroatoms. The van der Waals surface area contributed by atoms with Crippen molar-refractivity contribution < 1.29 is 16.8 Å². The molecule has 20 heavy (non-hydrogen) atoms. The second-order valence-electron chi connectivity index (χ2n) is 3.72. The third-order valence-corrected chi connectivity index (χ3v) is 6.27. The second-order valence-corrected chi connectivity index (χ2v) is 8.55. The Morgan fingerprint density at radius 2 is 1.85 bits per heavy atom. The summed E-state index contributed by atoms with van der Waals surface area (Å²) < 4.78 is 48.9. The lowest BCUT2D eigenvalue weighted by Crippen LogP contribution is -2.15. The molecule has 1 heterocycles. The molecule has 0 amide bonds. The highest BCUT2D eigenvalue weighted by Gasteiger charge is 2.18. The molecule has 0 spiro atoms. The van der Waals surface area contributed by atoms with E-state index in [0.717, 1.165) is 17.4 Å². The summed E-state index contributed by atoms with van der Waals surface area (Å²) in [5.74, 6) is 0. The maximum absolute atomic E-state index is 12.0. The first kappa shape index (κ1) is 15.3. The van der Waals surface area contributed by atoms with Gasteiger partial charge in [0.15, 0.2) is 0 Å². The molecule has 2 rings (SSSR count). The van der Waals surface area contributed by atoms with Crippen LogP contribution in [0.4, 0.5) is 5.69 Å². The van der Waals surface area contributed by atoms with Gasteiger partial charge in [0.25, 0.3) is 10.0 Å². The summed E-state index contributed by atoms with van der Waals surface area (Å²) in [6.07, 6.45) is 0. The number of primary sulfonamides is 1. The predicted molar refractivity (Wildman–Crippen MR) is 78.0 cm³/mol. The van der Waals surface area contributed by atoms with Crippen molar-refractivity contribution in [2.75, 3.05) is 4.72 Å². The number of anilines is 1. The molecule has 108 valence electrons. The molecule has 0 unspecified atom stereocenters. The van der Waals surface area contributed by atoms with Crippen LogP contribution in [0.25, 0.3) is 0 Å². The van der Waals surface area contributed by atoms with Crippen LogP contribution in [-0.2, 0) is 20.0 Å². The topological polar surface area (TPSA) is 106 Å². The molecule has 1 aromatic carbocycles. The average Bonchev–Trinajstić information content (AvgIpc) is 2.84. The number of sulfonamides is 2. The smallest absolute Gasteiger partial charge is 0.271 e. The minimum absolute atomic E-state index is 0.0495. The summed E-state index contributed by atoms with van der Waals surface area (Å²) >= 11 is 6.88. The largest absolute Gasteiger partial charge is 0.277 e. The Morgan fingerprint density at radius 3 is 2.40 bits per heavy atom. The molecule has 0 aliphatic carbocycles. The summed E-state index contributed by atoms with van der Waals surface area (Å²) in [6.45, 7) is 0. The fraction of sp³-hybridized carbons (Fsp3) is 0. The van der Waals surface area contributed by atoms with E-state index in [9.17, 15) is 16.8 Å². The van der Waals surface area contributed by atoms with E-state index < -0.39 is 20.0 Å². The van der Waals surface area contributed by atoms with Crippen LogP contribution in [-0.4, -0.2) is 16.8 Å². The second kappa shape index (κ2) is 5.34. The number of hydrogen-bond donors (Lipinski definition) is 2. The number of nitrogens with one attached hydrogen (secondary N) is 1. The Balaban J connectivity index is 2.44. The molecule has 0 saturated carbocycles. The monoisotopic (exact) mass is 352 g/mol. The molecule has 0 fully saturated rings. The summed E-state index contributed by atoms with van der Waals surface area (Å²) in [6, 6.07) is 6.53. The number of rotatable bonds is 4. The van der Waals surface area contributed by atoms with Crippen LogP contribution in [0, 0.1) is 0 Å². The van der Waals surface area contributed by atoms with E-state index in [2.05, 4.69) is 4.72 Å². The van der Waals surface area contributed by atoms with E-state index >= 15 is 0 Å². The molecule has 0 atom stereocenters. The first-order valence-electron chi connectivity index (χ1n) is 5.09. The van der Waals surface area contributed by atoms with Gasteiger partial charge in [-0.1, -0.05) is 17.7 Å². The summed E-state index contributed by atoms with van der Waals surface area (Å²) in [5, 5.41) is 6.66. The number of hydrogen-bond acceptors (Lipinski definition) is 5. The quantitative estimate of drug-likeness (QED) is 0.875. The number of thiophene rings is 1. The van der Waals surface area contributed by atoms with Crippen LogP contribution in [0.1, 0.15) is 0 Å². The maximum atomic E-state index is 12.0. The zero-order chi connectivity index (χ0) is 15.0. The van der Waals surface area contributed by atoms with Gasteiger partial charge in [0.05, 0.1) is 15.6 Å². The molecule has 1 aromatic heterocycles. The van der Waals surface area contributed by atoms with Gasteiger partial charge in [0.2, 0.25) is 10.0 Å². The fourth-order valence-corrected chi connectivity index (χ4v) is 4.20. The summed E-state index contributed by atoms with van der Waals surface area (Å²) in [5.41, 5.74) is -0.0495. The van der Waals surface area contributed by atoms with E-state index in [1.54, 1.807) is 11.4 Å². The van der Waals surface area contributed by atoms with Gasteiger partial charge in [-0.05, 0) is 29.6 Å². The van der Waals surface area contributed by atoms with Crippen LogP contribution < -0.4 is 9.86 Å². The maximum Gasteiger partial charge on any atom is 0.271 e. The normalized spacial score (nSPS) is 12.3. The number of halogens is 1. The highest BCUT2D eigenvalue weighted by molar-refractivity contribution is 7.94. The van der Waals surface area contributed by atoms with Gasteiger partial charge in [-0.25, -0.2) is 22.0 Å².